The molecule has 10 heteroatoms. The van der Waals surface area contributed by atoms with Crippen LogP contribution >= 0.6 is 0 Å². The predicted octanol–water partition coefficient (Wildman–Crippen LogP) is -4.10. The molecule has 2 rings (SSSR count). The third-order valence-electron chi connectivity index (χ3n) is 3.82. The Morgan fingerprint density at radius 3 is 2.14 bits per heavy atom. The second kappa shape index (κ2) is 7.45. The summed E-state index contributed by atoms with van der Waals surface area (Å²) >= 11 is 0. The average molecular weight is 326 g/mol. The summed E-state index contributed by atoms with van der Waals surface area (Å²) in [6.07, 6.45) is -12.0. The van der Waals surface area contributed by atoms with E-state index in [4.69, 9.17) is 24.1 Å². The van der Waals surface area contributed by atoms with Gasteiger partial charge in [0.1, 0.15) is 42.7 Å². The molecule has 9 atom stereocenters. The largest absolute Gasteiger partial charge is 0.394 e. The van der Waals surface area contributed by atoms with Crippen molar-refractivity contribution in [2.75, 3.05) is 20.3 Å². The van der Waals surface area contributed by atoms with Gasteiger partial charge in [0.15, 0.2) is 12.6 Å². The number of rotatable bonds is 4. The molecular weight excluding hydrogens is 304 g/mol. The first-order valence-corrected chi connectivity index (χ1v) is 6.87. The Morgan fingerprint density at radius 1 is 0.909 bits per heavy atom. The van der Waals surface area contributed by atoms with E-state index in [1.807, 2.05) is 0 Å². The van der Waals surface area contributed by atoms with Crippen molar-refractivity contribution in [3.05, 3.63) is 0 Å². The molecule has 22 heavy (non-hydrogen) atoms. The molecular formula is C12H22O10. The quantitative estimate of drug-likeness (QED) is 0.300. The van der Waals surface area contributed by atoms with Crippen LogP contribution in [0.15, 0.2) is 0 Å². The fourth-order valence-electron chi connectivity index (χ4n) is 2.45. The van der Waals surface area contributed by atoms with Gasteiger partial charge in [0.25, 0.3) is 0 Å². The van der Waals surface area contributed by atoms with Crippen LogP contribution in [-0.2, 0) is 18.9 Å². The highest BCUT2D eigenvalue weighted by molar-refractivity contribution is 4.91. The molecule has 2 heterocycles. The molecule has 0 saturated carbocycles. The van der Waals surface area contributed by atoms with E-state index < -0.39 is 61.9 Å². The second-order valence-corrected chi connectivity index (χ2v) is 5.29. The van der Waals surface area contributed by atoms with Crippen molar-refractivity contribution in [1.82, 2.24) is 0 Å². The maximum absolute atomic E-state index is 9.96. The van der Waals surface area contributed by atoms with Crippen LogP contribution in [0.1, 0.15) is 0 Å². The minimum atomic E-state index is -1.60. The van der Waals surface area contributed by atoms with Crippen molar-refractivity contribution in [3.8, 4) is 0 Å². The molecule has 0 radical (unpaired) electrons. The van der Waals surface area contributed by atoms with Crippen LogP contribution in [-0.4, -0.2) is 106 Å². The van der Waals surface area contributed by atoms with E-state index in [0.717, 1.165) is 0 Å². The van der Waals surface area contributed by atoms with Crippen molar-refractivity contribution in [2.45, 2.75) is 55.3 Å². The van der Waals surface area contributed by atoms with E-state index in [0.29, 0.717) is 0 Å². The SMILES string of the molecule is CO[C@@H]1OC[C@@H](O[C@@H]2O[C@H](CO)[C@@H](O)[C@H](O)[C@@H]2O)[C@H](O)[C@H]1O. The topological polar surface area (TPSA) is 158 Å². The Balaban J connectivity index is 2.00. The van der Waals surface area contributed by atoms with E-state index in [1.54, 1.807) is 0 Å². The highest BCUT2D eigenvalue weighted by Gasteiger charge is 2.47. The molecule has 0 spiro atoms. The Kier molecular flexibility index (Phi) is 6.07. The van der Waals surface area contributed by atoms with Gasteiger partial charge in [0.05, 0.1) is 13.2 Å². The zero-order chi connectivity index (χ0) is 16.4. The number of hydrogen-bond donors (Lipinski definition) is 6. The first-order valence-electron chi connectivity index (χ1n) is 6.87. The summed E-state index contributed by atoms with van der Waals surface area (Å²) in [4.78, 5) is 0. The van der Waals surface area contributed by atoms with Crippen LogP contribution in [0.2, 0.25) is 0 Å². The molecule has 2 aliphatic rings. The number of ether oxygens (including phenoxy) is 4. The molecule has 2 fully saturated rings. The van der Waals surface area contributed by atoms with Crippen molar-refractivity contribution in [3.63, 3.8) is 0 Å². The Bertz CT molecular complexity index is 353. The van der Waals surface area contributed by atoms with E-state index in [9.17, 15) is 25.5 Å². The van der Waals surface area contributed by atoms with Crippen LogP contribution in [0.4, 0.5) is 0 Å². The van der Waals surface area contributed by atoms with Crippen molar-refractivity contribution in [1.29, 1.82) is 0 Å². The van der Waals surface area contributed by atoms with Crippen LogP contribution in [0.5, 0.6) is 0 Å². The molecule has 0 amide bonds. The van der Waals surface area contributed by atoms with E-state index >= 15 is 0 Å². The summed E-state index contributed by atoms with van der Waals surface area (Å²) < 4.78 is 20.5. The van der Waals surface area contributed by atoms with E-state index in [1.165, 1.54) is 7.11 Å². The molecule has 6 N–H and O–H groups in total. The van der Waals surface area contributed by atoms with Gasteiger partial charge in [-0.3, -0.25) is 0 Å². The smallest absolute Gasteiger partial charge is 0.187 e. The van der Waals surface area contributed by atoms with Crippen molar-refractivity contribution >= 4 is 0 Å². The predicted molar refractivity (Wildman–Crippen MR) is 67.4 cm³/mol. The first kappa shape index (κ1) is 17.9. The summed E-state index contributed by atoms with van der Waals surface area (Å²) in [5.74, 6) is 0. The maximum atomic E-state index is 9.96. The minimum Gasteiger partial charge on any atom is -0.394 e. The van der Waals surface area contributed by atoms with Crippen molar-refractivity contribution < 1.29 is 49.6 Å². The Labute approximate surface area is 126 Å². The van der Waals surface area contributed by atoms with Gasteiger partial charge in [-0.15, -0.1) is 0 Å². The van der Waals surface area contributed by atoms with Gasteiger partial charge in [0.2, 0.25) is 0 Å². The van der Waals surface area contributed by atoms with Crippen LogP contribution in [0.3, 0.4) is 0 Å². The summed E-state index contributed by atoms with van der Waals surface area (Å²) in [6, 6.07) is 0. The van der Waals surface area contributed by atoms with Crippen LogP contribution < -0.4 is 0 Å². The Hall–Kier alpha value is -0.400. The standard InChI is InChI=1S/C12H22O10/c1-19-11-9(17)7(15)5(3-20-11)22-12-10(18)8(16)6(14)4(2-13)21-12/h4-18H,2-3H2,1H3/t4-,5-,6-,7+,8+,9-,10+,11-,12+/m1/s1. The third kappa shape index (κ3) is 3.41. The summed E-state index contributed by atoms with van der Waals surface area (Å²) in [5, 5.41) is 58.0. The summed E-state index contributed by atoms with van der Waals surface area (Å²) in [5.41, 5.74) is 0. The lowest BCUT2D eigenvalue weighted by molar-refractivity contribution is -0.341. The molecule has 0 aromatic heterocycles. The third-order valence-corrected chi connectivity index (χ3v) is 3.82. The lowest BCUT2D eigenvalue weighted by Gasteiger charge is -2.43. The van der Waals surface area contributed by atoms with Gasteiger partial charge < -0.3 is 49.6 Å². The van der Waals surface area contributed by atoms with Crippen LogP contribution in [0, 0.1) is 0 Å². The molecule has 2 saturated heterocycles. The molecule has 0 bridgehead atoms. The van der Waals surface area contributed by atoms with Gasteiger partial charge in [-0.2, -0.15) is 0 Å². The number of aliphatic hydroxyl groups is 6. The van der Waals surface area contributed by atoms with Crippen molar-refractivity contribution in [2.24, 2.45) is 0 Å². The molecule has 0 unspecified atom stereocenters. The average Bonchev–Trinajstić information content (AvgIpc) is 2.52. The fraction of sp³-hybridized carbons (Fsp3) is 1.00. The van der Waals surface area contributed by atoms with Gasteiger partial charge in [0, 0.05) is 7.11 Å². The highest BCUT2D eigenvalue weighted by Crippen LogP contribution is 2.26. The van der Waals surface area contributed by atoms with Crippen LogP contribution in [0.25, 0.3) is 0 Å². The number of methoxy groups -OCH3 is 1. The van der Waals surface area contributed by atoms with Gasteiger partial charge >= 0.3 is 0 Å². The molecule has 0 aliphatic carbocycles. The highest BCUT2D eigenvalue weighted by atomic mass is 16.7. The fourth-order valence-corrected chi connectivity index (χ4v) is 2.45. The van der Waals surface area contributed by atoms with Gasteiger partial charge in [-0.05, 0) is 0 Å². The first-order chi connectivity index (χ1) is 10.4. The zero-order valence-corrected chi connectivity index (χ0v) is 11.9. The molecule has 10 nitrogen and oxygen atoms in total. The minimum absolute atomic E-state index is 0.147. The summed E-state index contributed by atoms with van der Waals surface area (Å²) in [6.45, 7) is -0.741. The zero-order valence-electron chi connectivity index (χ0n) is 11.9. The van der Waals surface area contributed by atoms with Gasteiger partial charge in [-0.1, -0.05) is 0 Å². The van der Waals surface area contributed by atoms with E-state index in [-0.39, 0.29) is 6.61 Å². The molecule has 130 valence electrons. The lowest BCUT2D eigenvalue weighted by Crippen LogP contribution is -2.62. The summed E-state index contributed by atoms with van der Waals surface area (Å²) in [7, 11) is 1.30. The normalized spacial score (nSPS) is 50.0. The molecule has 0 aromatic carbocycles. The maximum Gasteiger partial charge on any atom is 0.187 e. The molecule has 2 aliphatic heterocycles. The Morgan fingerprint density at radius 2 is 1.55 bits per heavy atom. The lowest BCUT2D eigenvalue weighted by atomic mass is 9.99. The monoisotopic (exact) mass is 326 g/mol. The number of hydrogen-bond acceptors (Lipinski definition) is 10. The van der Waals surface area contributed by atoms with Gasteiger partial charge in [-0.25, -0.2) is 0 Å². The van der Waals surface area contributed by atoms with E-state index in [2.05, 4.69) is 0 Å². The number of aliphatic hydroxyl groups excluding tert-OH is 6. The second-order valence-electron chi connectivity index (χ2n) is 5.29. The molecule has 0 aromatic rings.